The lowest BCUT2D eigenvalue weighted by Crippen LogP contribution is -2.38. The van der Waals surface area contributed by atoms with Crippen LogP contribution in [0.15, 0.2) is 36.4 Å². The third kappa shape index (κ3) is 4.09. The lowest BCUT2D eigenvalue weighted by molar-refractivity contribution is 0.211. The van der Waals surface area contributed by atoms with Crippen LogP contribution in [0.25, 0.3) is 0 Å². The predicted octanol–water partition coefficient (Wildman–Crippen LogP) is 3.86. The molecular formula is C16H18Cl2N4. The number of piperidine rings is 1. The monoisotopic (exact) mass is 336 g/mol. The average Bonchev–Trinajstić information content (AvgIpc) is 2.54. The second-order valence-corrected chi connectivity index (χ2v) is 6.30. The van der Waals surface area contributed by atoms with Gasteiger partial charge in [0, 0.05) is 31.7 Å². The molecule has 4 nitrogen and oxygen atoms in total. The molecule has 1 aliphatic rings. The normalized spacial score (nSPS) is 16.6. The zero-order chi connectivity index (χ0) is 15.4. The number of nitrogens with zero attached hydrogens (tertiary/aromatic N) is 3. The zero-order valence-electron chi connectivity index (χ0n) is 12.2. The van der Waals surface area contributed by atoms with Gasteiger partial charge in [-0.2, -0.15) is 0 Å². The maximum Gasteiger partial charge on any atom is 0.174 e. The molecule has 22 heavy (non-hydrogen) atoms. The van der Waals surface area contributed by atoms with Crippen molar-refractivity contribution in [1.82, 2.24) is 15.1 Å². The lowest BCUT2D eigenvalue weighted by atomic mass is 10.0. The number of halogens is 2. The molecule has 1 saturated heterocycles. The first-order valence-corrected chi connectivity index (χ1v) is 8.18. The number of anilines is 1. The molecule has 0 saturated carbocycles. The molecule has 0 atom stereocenters. The second-order valence-electron chi connectivity index (χ2n) is 5.55. The van der Waals surface area contributed by atoms with E-state index in [2.05, 4.69) is 50.7 Å². The van der Waals surface area contributed by atoms with Crippen LogP contribution in [0.5, 0.6) is 0 Å². The van der Waals surface area contributed by atoms with Crippen LogP contribution in [-0.4, -0.2) is 34.2 Å². The van der Waals surface area contributed by atoms with Crippen molar-refractivity contribution >= 4 is 28.9 Å². The number of rotatable bonds is 4. The van der Waals surface area contributed by atoms with Crippen LogP contribution < -0.4 is 5.32 Å². The highest BCUT2D eigenvalue weighted by atomic mass is 35.5. The number of hydrogen-bond acceptors (Lipinski definition) is 4. The van der Waals surface area contributed by atoms with Crippen molar-refractivity contribution in [3.05, 3.63) is 52.3 Å². The Morgan fingerprint density at radius 3 is 2.55 bits per heavy atom. The highest BCUT2D eigenvalue weighted by Gasteiger charge is 2.20. The Kier molecular flexibility index (Phi) is 5.13. The number of benzene rings is 1. The zero-order valence-corrected chi connectivity index (χ0v) is 13.7. The first kappa shape index (κ1) is 15.5. The molecule has 2 heterocycles. The van der Waals surface area contributed by atoms with Crippen molar-refractivity contribution in [2.24, 2.45) is 0 Å². The minimum Gasteiger partial charge on any atom is -0.380 e. The SMILES string of the molecule is Clc1cc(NC2CCN(Cc3ccccc3)CC2)c(Cl)nn1. The van der Waals surface area contributed by atoms with E-state index in [4.69, 9.17) is 23.2 Å². The Morgan fingerprint density at radius 2 is 1.82 bits per heavy atom. The molecule has 6 heteroatoms. The molecule has 0 bridgehead atoms. The summed E-state index contributed by atoms with van der Waals surface area (Å²) < 4.78 is 0. The van der Waals surface area contributed by atoms with E-state index < -0.39 is 0 Å². The van der Waals surface area contributed by atoms with Gasteiger partial charge in [0.05, 0.1) is 5.69 Å². The van der Waals surface area contributed by atoms with E-state index in [-0.39, 0.29) is 0 Å². The van der Waals surface area contributed by atoms with Gasteiger partial charge in [-0.1, -0.05) is 53.5 Å². The van der Waals surface area contributed by atoms with Crippen LogP contribution in [0.4, 0.5) is 5.69 Å². The molecule has 0 aliphatic carbocycles. The molecule has 0 amide bonds. The molecule has 1 fully saturated rings. The van der Waals surface area contributed by atoms with Gasteiger partial charge in [0.1, 0.15) is 0 Å². The summed E-state index contributed by atoms with van der Waals surface area (Å²) in [5.74, 6) is 0. The van der Waals surface area contributed by atoms with E-state index in [1.807, 2.05) is 0 Å². The van der Waals surface area contributed by atoms with Crippen LogP contribution in [0.1, 0.15) is 18.4 Å². The highest BCUT2D eigenvalue weighted by molar-refractivity contribution is 6.33. The van der Waals surface area contributed by atoms with Crippen LogP contribution in [0, 0.1) is 0 Å². The summed E-state index contributed by atoms with van der Waals surface area (Å²) in [6.07, 6.45) is 2.15. The topological polar surface area (TPSA) is 41.0 Å². The van der Waals surface area contributed by atoms with Crippen LogP contribution in [0.3, 0.4) is 0 Å². The molecular weight excluding hydrogens is 319 g/mol. The predicted molar refractivity (Wildman–Crippen MR) is 90.4 cm³/mol. The minimum absolute atomic E-state index is 0.355. The largest absolute Gasteiger partial charge is 0.380 e. The Hall–Kier alpha value is -1.36. The van der Waals surface area contributed by atoms with Crippen LogP contribution in [-0.2, 0) is 6.54 Å². The standard InChI is InChI=1S/C16H18Cl2N4/c17-15-10-14(16(18)21-20-15)19-13-6-8-22(9-7-13)11-12-4-2-1-3-5-12/h1-5,10,13H,6-9,11H2,(H,19,20). The van der Waals surface area contributed by atoms with Gasteiger partial charge >= 0.3 is 0 Å². The van der Waals surface area contributed by atoms with Gasteiger partial charge in [0.25, 0.3) is 0 Å². The third-order valence-corrected chi connectivity index (χ3v) is 4.38. The van der Waals surface area contributed by atoms with E-state index in [1.54, 1.807) is 6.07 Å². The summed E-state index contributed by atoms with van der Waals surface area (Å²) >= 11 is 11.9. The van der Waals surface area contributed by atoms with Gasteiger partial charge in [-0.25, -0.2) is 0 Å². The van der Waals surface area contributed by atoms with Gasteiger partial charge in [-0.05, 0) is 18.4 Å². The van der Waals surface area contributed by atoms with Gasteiger partial charge < -0.3 is 5.32 Å². The maximum atomic E-state index is 6.05. The van der Waals surface area contributed by atoms with Crippen molar-refractivity contribution in [3.8, 4) is 0 Å². The fourth-order valence-electron chi connectivity index (χ4n) is 2.75. The first-order chi connectivity index (χ1) is 10.7. The summed E-state index contributed by atoms with van der Waals surface area (Å²) in [4.78, 5) is 2.48. The molecule has 3 rings (SSSR count). The van der Waals surface area contributed by atoms with E-state index in [0.29, 0.717) is 16.3 Å². The summed E-state index contributed by atoms with van der Waals surface area (Å²) in [6.45, 7) is 3.14. The highest BCUT2D eigenvalue weighted by Crippen LogP contribution is 2.24. The van der Waals surface area contributed by atoms with E-state index >= 15 is 0 Å². The molecule has 0 radical (unpaired) electrons. The maximum absolute atomic E-state index is 6.05. The molecule has 2 aromatic rings. The van der Waals surface area contributed by atoms with Crippen LogP contribution in [0.2, 0.25) is 10.3 Å². The molecule has 1 aromatic carbocycles. The smallest absolute Gasteiger partial charge is 0.174 e. The molecule has 0 unspecified atom stereocenters. The Labute approximate surface area is 140 Å². The van der Waals surface area contributed by atoms with Crippen molar-refractivity contribution in [2.75, 3.05) is 18.4 Å². The van der Waals surface area contributed by atoms with E-state index in [1.165, 1.54) is 5.56 Å². The summed E-state index contributed by atoms with van der Waals surface area (Å²) in [5.41, 5.74) is 2.13. The Balaban J connectivity index is 1.52. The Bertz CT molecular complexity index is 613. The summed E-state index contributed by atoms with van der Waals surface area (Å²) in [7, 11) is 0. The van der Waals surface area contributed by atoms with E-state index in [0.717, 1.165) is 38.2 Å². The summed E-state index contributed by atoms with van der Waals surface area (Å²) in [5, 5.41) is 11.7. The van der Waals surface area contributed by atoms with Gasteiger partial charge in [0.2, 0.25) is 0 Å². The molecule has 116 valence electrons. The molecule has 0 spiro atoms. The Morgan fingerprint density at radius 1 is 1.09 bits per heavy atom. The number of likely N-dealkylation sites (tertiary alicyclic amines) is 1. The molecule has 1 aromatic heterocycles. The van der Waals surface area contributed by atoms with Crippen molar-refractivity contribution in [3.63, 3.8) is 0 Å². The fraction of sp³-hybridized carbons (Fsp3) is 0.375. The lowest BCUT2D eigenvalue weighted by Gasteiger charge is -2.32. The summed E-state index contributed by atoms with van der Waals surface area (Å²) in [6, 6.07) is 12.7. The molecule has 1 N–H and O–H groups in total. The van der Waals surface area contributed by atoms with Gasteiger partial charge in [-0.3, -0.25) is 4.90 Å². The van der Waals surface area contributed by atoms with Gasteiger partial charge in [-0.15, -0.1) is 10.2 Å². The van der Waals surface area contributed by atoms with Gasteiger partial charge in [0.15, 0.2) is 10.3 Å². The number of nitrogens with one attached hydrogen (secondary N) is 1. The number of hydrogen-bond donors (Lipinski definition) is 1. The van der Waals surface area contributed by atoms with Crippen molar-refractivity contribution in [2.45, 2.75) is 25.4 Å². The number of aromatic nitrogens is 2. The third-order valence-electron chi connectivity index (χ3n) is 3.92. The van der Waals surface area contributed by atoms with Crippen molar-refractivity contribution in [1.29, 1.82) is 0 Å². The fourth-order valence-corrected chi connectivity index (χ4v) is 3.05. The average molecular weight is 337 g/mol. The van der Waals surface area contributed by atoms with Crippen molar-refractivity contribution < 1.29 is 0 Å². The van der Waals surface area contributed by atoms with E-state index in [9.17, 15) is 0 Å². The quantitative estimate of drug-likeness (QED) is 0.920. The minimum atomic E-state index is 0.355. The second kappa shape index (κ2) is 7.27. The first-order valence-electron chi connectivity index (χ1n) is 7.42. The van der Waals surface area contributed by atoms with Crippen LogP contribution >= 0.6 is 23.2 Å². The molecule has 1 aliphatic heterocycles.